The third kappa shape index (κ3) is 8.46. The molecule has 5 aromatic carbocycles. The van der Waals surface area contributed by atoms with Gasteiger partial charge in [-0.25, -0.2) is 0 Å². The molecule has 1 aliphatic rings. The largest absolute Gasteiger partial charge is 0.491 e. The average Bonchev–Trinajstić information content (AvgIpc) is 3.63. The zero-order chi connectivity index (χ0) is 35.1. The van der Waals surface area contributed by atoms with Crippen LogP contribution in [-0.4, -0.2) is 70.6 Å². The van der Waals surface area contributed by atoms with Crippen LogP contribution in [0.4, 0.5) is 11.4 Å². The second-order valence-corrected chi connectivity index (χ2v) is 13.4. The Morgan fingerprint density at radius 3 is 2.26 bits per heavy atom. The molecule has 0 unspecified atom stereocenters. The van der Waals surface area contributed by atoms with Gasteiger partial charge < -0.3 is 25.2 Å². The van der Waals surface area contributed by atoms with Gasteiger partial charge in [0, 0.05) is 35.6 Å². The summed E-state index contributed by atoms with van der Waals surface area (Å²) in [7, 11) is -3.91. The van der Waals surface area contributed by atoms with Gasteiger partial charge in [0.15, 0.2) is 0 Å². The minimum absolute atomic E-state index is 0.0528. The van der Waals surface area contributed by atoms with Crippen LogP contribution in [0.1, 0.15) is 26.3 Å². The average molecular weight is 693 g/mol. The number of anilines is 2. The molecule has 0 saturated carbocycles. The van der Waals surface area contributed by atoms with Gasteiger partial charge in [0.05, 0.1) is 18.1 Å². The van der Waals surface area contributed by atoms with Gasteiger partial charge in [0.2, 0.25) is 5.91 Å². The van der Waals surface area contributed by atoms with Gasteiger partial charge >= 0.3 is 0 Å². The number of nitrogens with one attached hydrogen (secondary N) is 2. The molecule has 50 heavy (non-hydrogen) atoms. The fourth-order valence-corrected chi connectivity index (χ4v) is 6.36. The summed E-state index contributed by atoms with van der Waals surface area (Å²) in [5.74, 6) is -0.506. The zero-order valence-corrected chi connectivity index (χ0v) is 28.2. The number of carbonyl (C=O) groups is 3. The minimum atomic E-state index is -3.91. The third-order valence-corrected chi connectivity index (χ3v) is 9.56. The normalized spacial score (nSPS) is 12.9. The second-order valence-electron chi connectivity index (χ2n) is 11.8. The molecule has 11 nitrogen and oxygen atoms in total. The molecule has 0 bridgehead atoms. The molecule has 6 rings (SSSR count). The Balaban J connectivity index is 0.937. The minimum Gasteiger partial charge on any atom is -0.491 e. The molecule has 5 aromatic rings. The van der Waals surface area contributed by atoms with E-state index in [2.05, 4.69) is 10.6 Å². The number of rotatable bonds is 12. The van der Waals surface area contributed by atoms with Crippen molar-refractivity contribution in [3.05, 3.63) is 132 Å². The van der Waals surface area contributed by atoms with E-state index in [0.717, 1.165) is 22.0 Å². The molecule has 12 heteroatoms. The number of nitrogens with zero attached hydrogens (tertiary/aromatic N) is 2. The Morgan fingerprint density at radius 2 is 1.48 bits per heavy atom. The first kappa shape index (κ1) is 34.2. The van der Waals surface area contributed by atoms with Crippen LogP contribution in [-0.2, 0) is 19.1 Å². The van der Waals surface area contributed by atoms with E-state index in [0.29, 0.717) is 42.3 Å². The van der Waals surface area contributed by atoms with Crippen LogP contribution in [0, 0.1) is 6.92 Å². The van der Waals surface area contributed by atoms with Gasteiger partial charge in [0.25, 0.3) is 21.9 Å². The predicted octanol–water partition coefficient (Wildman–Crippen LogP) is 5.22. The van der Waals surface area contributed by atoms with Crippen LogP contribution in [0.5, 0.6) is 5.75 Å². The van der Waals surface area contributed by atoms with Crippen molar-refractivity contribution in [2.75, 3.05) is 49.7 Å². The lowest BCUT2D eigenvalue weighted by atomic mass is 10.1. The van der Waals surface area contributed by atoms with Crippen LogP contribution in [0.25, 0.3) is 10.8 Å². The van der Waals surface area contributed by atoms with Gasteiger partial charge in [0.1, 0.15) is 19.0 Å². The van der Waals surface area contributed by atoms with Crippen molar-refractivity contribution in [3.63, 3.8) is 0 Å². The van der Waals surface area contributed by atoms with Crippen molar-refractivity contribution in [2.24, 2.45) is 0 Å². The number of benzene rings is 5. The molecule has 0 atom stereocenters. The quantitative estimate of drug-likeness (QED) is 0.134. The van der Waals surface area contributed by atoms with Crippen molar-refractivity contribution >= 4 is 50.0 Å². The van der Waals surface area contributed by atoms with Crippen molar-refractivity contribution in [3.8, 4) is 5.75 Å². The fraction of sp³-hybridized carbons (Fsp3) is 0.184. The van der Waals surface area contributed by atoms with Gasteiger partial charge in [-0.05, 0) is 84.4 Å². The third-order valence-electron chi connectivity index (χ3n) is 8.23. The maximum Gasteiger partial charge on any atom is 0.297 e. The standard InChI is InChI=1S/C38H36N4O7S/c1-27-9-17-35(18-10-27)50(46,47)49-22-21-48-34-8-4-7-30(24-34)37(44)39-25-36(43)42-20-19-41(26-42)33-15-13-32(14-16-33)40-38(45)31-12-11-28-5-2-3-6-29(28)23-31/h2-18,23-24H,19-22,25-26H2,1H3,(H,39,44)(H,40,45). The topological polar surface area (TPSA) is 134 Å². The molecule has 3 amide bonds. The highest BCUT2D eigenvalue weighted by molar-refractivity contribution is 7.86. The van der Waals surface area contributed by atoms with E-state index in [-0.39, 0.29) is 36.5 Å². The first-order chi connectivity index (χ1) is 24.1. The zero-order valence-electron chi connectivity index (χ0n) is 27.4. The number of hydrogen-bond donors (Lipinski definition) is 2. The Hall–Kier alpha value is -5.72. The summed E-state index contributed by atoms with van der Waals surface area (Å²) >= 11 is 0. The first-order valence-corrected chi connectivity index (χ1v) is 17.5. The monoisotopic (exact) mass is 692 g/mol. The number of hydrogen-bond acceptors (Lipinski definition) is 8. The number of ether oxygens (including phenoxy) is 1. The Morgan fingerprint density at radius 1 is 0.740 bits per heavy atom. The van der Waals surface area contributed by atoms with Crippen LogP contribution < -0.4 is 20.3 Å². The van der Waals surface area contributed by atoms with Crippen LogP contribution in [0.3, 0.4) is 0 Å². The molecule has 1 saturated heterocycles. The Kier molecular flexibility index (Phi) is 10.4. The van der Waals surface area contributed by atoms with Gasteiger partial charge in [-0.3, -0.25) is 18.6 Å². The van der Waals surface area contributed by atoms with Gasteiger partial charge in [-0.15, -0.1) is 0 Å². The van der Waals surface area contributed by atoms with Crippen LogP contribution in [0.2, 0.25) is 0 Å². The van der Waals surface area contributed by atoms with Crippen molar-refractivity contribution in [1.29, 1.82) is 0 Å². The molecule has 0 aliphatic carbocycles. The molecular weight excluding hydrogens is 657 g/mol. The van der Waals surface area contributed by atoms with E-state index in [9.17, 15) is 22.8 Å². The summed E-state index contributed by atoms with van der Waals surface area (Å²) in [4.78, 5) is 42.4. The summed E-state index contributed by atoms with van der Waals surface area (Å²) in [6.45, 7) is 2.91. The number of amides is 3. The molecule has 1 fully saturated rings. The van der Waals surface area contributed by atoms with E-state index >= 15 is 0 Å². The molecular formula is C38H36N4O7S. The van der Waals surface area contributed by atoms with E-state index in [1.54, 1.807) is 41.3 Å². The lowest BCUT2D eigenvalue weighted by molar-refractivity contribution is -0.128. The summed E-state index contributed by atoms with van der Waals surface area (Å²) in [5, 5.41) is 7.67. The first-order valence-electron chi connectivity index (χ1n) is 16.0. The number of aryl methyl sites for hydroxylation is 1. The van der Waals surface area contributed by atoms with Gasteiger partial charge in [-0.1, -0.05) is 54.1 Å². The van der Waals surface area contributed by atoms with E-state index in [4.69, 9.17) is 8.92 Å². The lowest BCUT2D eigenvalue weighted by Gasteiger charge is -2.20. The second kappa shape index (κ2) is 15.2. The maximum atomic E-state index is 12.9. The number of carbonyl (C=O) groups excluding carboxylic acids is 3. The SMILES string of the molecule is Cc1ccc(S(=O)(=O)OCCOc2cccc(C(=O)NCC(=O)N3CCN(c4ccc(NC(=O)c5ccc6ccccc6c5)cc4)C3)c2)cc1. The van der Waals surface area contributed by atoms with E-state index in [1.807, 2.05) is 72.5 Å². The molecule has 1 aliphatic heterocycles. The molecule has 0 radical (unpaired) electrons. The van der Waals surface area contributed by atoms with Crippen LogP contribution >= 0.6 is 0 Å². The molecule has 0 spiro atoms. The van der Waals surface area contributed by atoms with Crippen LogP contribution in [0.15, 0.2) is 120 Å². The summed E-state index contributed by atoms with van der Waals surface area (Å²) in [5.41, 5.74) is 3.37. The smallest absolute Gasteiger partial charge is 0.297 e. The van der Waals surface area contributed by atoms with E-state index in [1.165, 1.54) is 18.2 Å². The van der Waals surface area contributed by atoms with Crippen molar-refractivity contribution < 1.29 is 31.7 Å². The Labute approximate surface area is 290 Å². The molecule has 1 heterocycles. The lowest BCUT2D eigenvalue weighted by Crippen LogP contribution is -2.39. The Bertz CT molecular complexity index is 2120. The van der Waals surface area contributed by atoms with E-state index < -0.39 is 16.0 Å². The molecule has 0 aromatic heterocycles. The van der Waals surface area contributed by atoms with Gasteiger partial charge in [-0.2, -0.15) is 8.42 Å². The van der Waals surface area contributed by atoms with Crippen molar-refractivity contribution in [2.45, 2.75) is 11.8 Å². The summed E-state index contributed by atoms with van der Waals surface area (Å²) < 4.78 is 35.3. The summed E-state index contributed by atoms with van der Waals surface area (Å²) in [6.07, 6.45) is 0. The molecule has 256 valence electrons. The highest BCUT2D eigenvalue weighted by Gasteiger charge is 2.25. The fourth-order valence-electron chi connectivity index (χ4n) is 5.47. The van der Waals surface area contributed by atoms with Crippen molar-refractivity contribution in [1.82, 2.24) is 10.2 Å². The maximum absolute atomic E-state index is 12.9. The highest BCUT2D eigenvalue weighted by atomic mass is 32.2. The summed E-state index contributed by atoms with van der Waals surface area (Å²) in [6, 6.07) is 33.7. The predicted molar refractivity (Wildman–Crippen MR) is 191 cm³/mol. The molecule has 2 N–H and O–H groups in total. The highest BCUT2D eigenvalue weighted by Crippen LogP contribution is 2.23. The number of fused-ring (bicyclic) bond motifs is 1.